The molecular weight excluding hydrogens is 295 g/mol. The van der Waals surface area contributed by atoms with Crippen molar-refractivity contribution in [3.8, 4) is 0 Å². The number of hydrogen-bond acceptors (Lipinski definition) is 6. The van der Waals surface area contributed by atoms with Gasteiger partial charge in [-0.3, -0.25) is 14.3 Å². The molecule has 1 aromatic heterocycles. The Balaban J connectivity index is 2.65. The molecule has 0 unspecified atom stereocenters. The Bertz CT molecular complexity index is 603. The summed E-state index contributed by atoms with van der Waals surface area (Å²) in [5, 5.41) is 8.97. The number of ether oxygens (including phenoxy) is 1. The zero-order chi connectivity index (χ0) is 15.3. The first kappa shape index (κ1) is 16.6. The summed E-state index contributed by atoms with van der Waals surface area (Å²) >= 11 is 0. The molecule has 4 N–H and O–H groups in total. The van der Waals surface area contributed by atoms with Crippen molar-refractivity contribution in [2.75, 3.05) is 19.6 Å². The second-order valence-corrected chi connectivity index (χ2v) is 5.55. The second kappa shape index (κ2) is 6.82. The van der Waals surface area contributed by atoms with Gasteiger partial charge in [-0.15, -0.1) is 4.73 Å². The van der Waals surface area contributed by atoms with Gasteiger partial charge in [0.1, 0.15) is 19.1 Å². The van der Waals surface area contributed by atoms with Crippen LogP contribution in [0.3, 0.4) is 0 Å². The van der Waals surface area contributed by atoms with Gasteiger partial charge in [0.05, 0.1) is 12.8 Å². The van der Waals surface area contributed by atoms with Gasteiger partial charge in [-0.05, 0) is 6.92 Å². The van der Waals surface area contributed by atoms with E-state index in [1.54, 1.807) is 0 Å². The third-order valence-electron chi connectivity index (χ3n) is 2.17. The normalized spacial score (nSPS) is 13.2. The highest BCUT2D eigenvalue weighted by molar-refractivity contribution is 7.51. The fraction of sp³-hybridized carbons (Fsp3) is 0.556. The minimum atomic E-state index is -4.36. The second-order valence-electron chi connectivity index (χ2n) is 3.96. The van der Waals surface area contributed by atoms with Gasteiger partial charge in [-0.25, -0.2) is 4.79 Å². The van der Waals surface area contributed by atoms with Gasteiger partial charge >= 0.3 is 13.3 Å². The summed E-state index contributed by atoms with van der Waals surface area (Å²) in [5.41, 5.74) is -1.13. The molecule has 0 aromatic carbocycles. The Morgan fingerprint density at radius 1 is 1.45 bits per heavy atom. The van der Waals surface area contributed by atoms with Gasteiger partial charge < -0.3 is 24.5 Å². The lowest BCUT2D eigenvalue weighted by Crippen LogP contribution is -2.38. The van der Waals surface area contributed by atoms with Gasteiger partial charge in [0.15, 0.2) is 0 Å². The number of aromatic amines is 1. The van der Waals surface area contributed by atoms with Gasteiger partial charge in [0.2, 0.25) is 0 Å². The van der Waals surface area contributed by atoms with E-state index >= 15 is 0 Å². The minimum Gasteiger partial charge on any atom is -0.407 e. The van der Waals surface area contributed by atoms with E-state index in [1.165, 1.54) is 6.92 Å². The molecule has 0 spiro atoms. The molecule has 1 atom stereocenters. The van der Waals surface area contributed by atoms with Crippen LogP contribution in [0, 0.1) is 6.92 Å². The highest BCUT2D eigenvalue weighted by Crippen LogP contribution is 2.34. The van der Waals surface area contributed by atoms with Gasteiger partial charge in [0.25, 0.3) is 5.56 Å². The minimum absolute atomic E-state index is 0.237. The predicted molar refractivity (Wildman–Crippen MR) is 66.4 cm³/mol. The van der Waals surface area contributed by atoms with Gasteiger partial charge in [-0.1, -0.05) is 0 Å². The van der Waals surface area contributed by atoms with Crippen molar-refractivity contribution in [2.24, 2.45) is 0 Å². The first-order valence-electron chi connectivity index (χ1n) is 5.46. The molecule has 0 aliphatic heterocycles. The Hall–Kier alpha value is -1.45. The van der Waals surface area contributed by atoms with E-state index in [4.69, 9.17) is 24.5 Å². The van der Waals surface area contributed by atoms with E-state index < -0.39 is 37.9 Å². The van der Waals surface area contributed by atoms with E-state index in [1.807, 2.05) is 4.98 Å². The maximum Gasteiger partial charge on any atom is 0.361 e. The van der Waals surface area contributed by atoms with E-state index in [9.17, 15) is 14.2 Å². The fourth-order valence-electron chi connectivity index (χ4n) is 1.16. The van der Waals surface area contributed by atoms with Crippen molar-refractivity contribution in [3.05, 3.63) is 32.6 Å². The number of aromatic nitrogens is 2. The summed E-state index contributed by atoms with van der Waals surface area (Å²) in [4.78, 5) is 46.7. The lowest BCUT2D eigenvalue weighted by Gasteiger charge is -2.16. The number of rotatable bonds is 7. The van der Waals surface area contributed by atoms with Crippen molar-refractivity contribution in [2.45, 2.75) is 13.0 Å². The van der Waals surface area contributed by atoms with Crippen molar-refractivity contribution in [1.29, 1.82) is 0 Å². The Morgan fingerprint density at radius 2 is 2.10 bits per heavy atom. The predicted octanol–water partition coefficient (Wildman–Crippen LogP) is -2.21. The van der Waals surface area contributed by atoms with Crippen LogP contribution in [0.2, 0.25) is 0 Å². The monoisotopic (exact) mass is 310 g/mol. The average molecular weight is 310 g/mol. The first-order chi connectivity index (χ1) is 9.23. The maximum atomic E-state index is 11.4. The largest absolute Gasteiger partial charge is 0.407 e. The van der Waals surface area contributed by atoms with Crippen molar-refractivity contribution < 1.29 is 29.0 Å². The molecule has 20 heavy (non-hydrogen) atoms. The van der Waals surface area contributed by atoms with E-state index in [0.29, 0.717) is 0 Å². The maximum absolute atomic E-state index is 11.4. The SMILES string of the molecule is Cc1cn(OC[C@@H](CO)OCP(=O)(O)O)c(=O)[nH]c1=O. The van der Waals surface area contributed by atoms with Crippen LogP contribution in [0.4, 0.5) is 0 Å². The van der Waals surface area contributed by atoms with Gasteiger partial charge in [0, 0.05) is 5.56 Å². The topological polar surface area (TPSA) is 151 Å². The number of H-pyrrole nitrogens is 1. The molecule has 1 heterocycles. The molecule has 0 radical (unpaired) electrons. The molecule has 0 saturated carbocycles. The number of aryl methyl sites for hydroxylation is 1. The first-order valence-corrected chi connectivity index (χ1v) is 7.25. The third-order valence-corrected chi connectivity index (χ3v) is 2.66. The molecule has 11 heteroatoms. The Morgan fingerprint density at radius 3 is 2.65 bits per heavy atom. The molecule has 0 bridgehead atoms. The number of nitrogens with zero attached hydrogens (tertiary/aromatic N) is 1. The summed E-state index contributed by atoms with van der Waals surface area (Å²) in [5.74, 6) is 0. The van der Waals surface area contributed by atoms with Crippen molar-refractivity contribution >= 4 is 7.60 Å². The summed E-state index contributed by atoms with van der Waals surface area (Å²) in [6.45, 7) is 0.574. The van der Waals surface area contributed by atoms with Crippen LogP contribution in [-0.2, 0) is 9.30 Å². The summed E-state index contributed by atoms with van der Waals surface area (Å²) in [6.07, 6.45) is -0.749. The van der Waals surface area contributed by atoms with Crippen LogP contribution in [0.15, 0.2) is 15.8 Å². The van der Waals surface area contributed by atoms with Crippen LogP contribution in [0.1, 0.15) is 5.56 Å². The zero-order valence-electron chi connectivity index (χ0n) is 10.6. The highest BCUT2D eigenvalue weighted by atomic mass is 31.2. The lowest BCUT2D eigenvalue weighted by atomic mass is 10.4. The summed E-state index contributed by atoms with van der Waals surface area (Å²) in [6, 6.07) is 0. The van der Waals surface area contributed by atoms with Crippen molar-refractivity contribution in [1.82, 2.24) is 9.71 Å². The zero-order valence-corrected chi connectivity index (χ0v) is 11.4. The van der Waals surface area contributed by atoms with Gasteiger partial charge in [-0.2, -0.15) is 0 Å². The molecule has 10 nitrogen and oxygen atoms in total. The lowest BCUT2D eigenvalue weighted by molar-refractivity contribution is -0.0377. The number of hydrogen-bond donors (Lipinski definition) is 4. The molecule has 0 aliphatic rings. The Kier molecular flexibility index (Phi) is 5.66. The Labute approximate surface area is 112 Å². The molecule has 0 aliphatic carbocycles. The average Bonchev–Trinajstić information content (AvgIpc) is 2.34. The van der Waals surface area contributed by atoms with Crippen LogP contribution in [0.5, 0.6) is 0 Å². The standard InChI is InChI=1S/C9H15N2O8P/c1-6-2-11(9(14)10-8(6)13)19-4-7(3-12)18-5-20(15,16)17/h2,7,12H,3-5H2,1H3,(H,10,13,14)(H2,15,16,17)/t7-/m1/s1. The summed E-state index contributed by atoms with van der Waals surface area (Å²) < 4.78 is 16.1. The molecule has 0 amide bonds. The highest BCUT2D eigenvalue weighted by Gasteiger charge is 2.18. The quantitative estimate of drug-likeness (QED) is 0.414. The van der Waals surface area contributed by atoms with Crippen LogP contribution in [-0.4, -0.2) is 50.3 Å². The van der Waals surface area contributed by atoms with E-state index in [-0.39, 0.29) is 12.2 Å². The fourth-order valence-corrected chi connectivity index (χ4v) is 1.56. The molecular formula is C9H15N2O8P. The summed E-state index contributed by atoms with van der Waals surface area (Å²) in [7, 11) is -4.36. The molecule has 1 aromatic rings. The molecule has 0 saturated heterocycles. The van der Waals surface area contributed by atoms with Crippen LogP contribution in [0.25, 0.3) is 0 Å². The van der Waals surface area contributed by atoms with E-state index in [0.717, 1.165) is 10.9 Å². The van der Waals surface area contributed by atoms with Crippen LogP contribution >= 0.6 is 7.60 Å². The van der Waals surface area contributed by atoms with E-state index in [2.05, 4.69) is 0 Å². The molecule has 114 valence electrons. The molecule has 1 rings (SSSR count). The number of nitrogens with one attached hydrogen (secondary N) is 1. The van der Waals surface area contributed by atoms with Crippen LogP contribution < -0.4 is 16.1 Å². The number of aliphatic hydroxyl groups excluding tert-OH is 1. The third kappa shape index (κ3) is 5.27. The smallest absolute Gasteiger partial charge is 0.361 e. The molecule has 0 fully saturated rings. The number of aliphatic hydroxyl groups is 1. The van der Waals surface area contributed by atoms with Crippen molar-refractivity contribution in [3.63, 3.8) is 0 Å².